The minimum absolute atomic E-state index is 0.0528. The third-order valence-corrected chi connectivity index (χ3v) is 4.13. The number of benzene rings is 2. The first kappa shape index (κ1) is 19.3. The zero-order chi connectivity index (χ0) is 20.4. The van der Waals surface area contributed by atoms with Gasteiger partial charge in [-0.1, -0.05) is 6.07 Å². The highest BCUT2D eigenvalue weighted by Gasteiger charge is 2.17. The Bertz CT molecular complexity index is 1070. The molecule has 0 saturated carbocycles. The van der Waals surface area contributed by atoms with Crippen LogP contribution in [-0.2, 0) is 0 Å². The summed E-state index contributed by atoms with van der Waals surface area (Å²) in [6, 6.07) is 8.77. The molecule has 3 aromatic rings. The summed E-state index contributed by atoms with van der Waals surface area (Å²) in [6.07, 6.45) is 0. The topological polar surface area (TPSA) is 66.9 Å². The van der Waals surface area contributed by atoms with Gasteiger partial charge in [0.1, 0.15) is 5.69 Å². The van der Waals surface area contributed by atoms with E-state index in [0.29, 0.717) is 5.69 Å². The van der Waals surface area contributed by atoms with Crippen LogP contribution >= 0.6 is 0 Å². The Labute approximate surface area is 159 Å². The average Bonchev–Trinajstić information content (AvgIpc) is 2.64. The number of halogens is 3. The van der Waals surface area contributed by atoms with Crippen LogP contribution in [0.4, 0.5) is 30.5 Å². The van der Waals surface area contributed by atoms with Crippen molar-refractivity contribution >= 4 is 23.2 Å². The van der Waals surface area contributed by atoms with Gasteiger partial charge < -0.3 is 10.6 Å². The van der Waals surface area contributed by atoms with Gasteiger partial charge in [0.15, 0.2) is 17.5 Å². The van der Waals surface area contributed by atoms with Crippen molar-refractivity contribution < 1.29 is 18.0 Å². The molecular formula is C20H17F3N4O. The first-order valence-electron chi connectivity index (χ1n) is 8.39. The van der Waals surface area contributed by atoms with Crippen molar-refractivity contribution in [3.8, 4) is 0 Å². The van der Waals surface area contributed by atoms with Crippen molar-refractivity contribution in [2.24, 2.45) is 0 Å². The molecule has 0 radical (unpaired) electrons. The lowest BCUT2D eigenvalue weighted by atomic mass is 10.1. The molecule has 2 N–H and O–H groups in total. The number of aryl methyl sites for hydroxylation is 3. The van der Waals surface area contributed by atoms with E-state index in [1.807, 2.05) is 32.0 Å². The molecule has 144 valence electrons. The number of hydrogen-bond acceptors (Lipinski definition) is 4. The summed E-state index contributed by atoms with van der Waals surface area (Å²) in [5.74, 6) is -5.08. The fourth-order valence-corrected chi connectivity index (χ4v) is 2.50. The van der Waals surface area contributed by atoms with Crippen molar-refractivity contribution in [2.45, 2.75) is 20.8 Å². The van der Waals surface area contributed by atoms with Crippen molar-refractivity contribution in [1.29, 1.82) is 0 Å². The summed E-state index contributed by atoms with van der Waals surface area (Å²) in [6.45, 7) is 5.62. The van der Waals surface area contributed by atoms with Gasteiger partial charge in [-0.15, -0.1) is 0 Å². The Hall–Kier alpha value is -3.42. The number of rotatable bonds is 4. The van der Waals surface area contributed by atoms with Crippen molar-refractivity contribution in [1.82, 2.24) is 9.97 Å². The fourth-order valence-electron chi connectivity index (χ4n) is 2.50. The molecule has 0 unspecified atom stereocenters. The maximum Gasteiger partial charge on any atom is 0.274 e. The number of carbonyl (C=O) groups excluding carboxylic acids is 1. The molecule has 0 atom stereocenters. The predicted octanol–water partition coefficient (Wildman–Crippen LogP) is 4.82. The molecule has 0 fully saturated rings. The van der Waals surface area contributed by atoms with Crippen molar-refractivity contribution in [3.63, 3.8) is 0 Å². The van der Waals surface area contributed by atoms with Gasteiger partial charge in [0.05, 0.1) is 5.69 Å². The van der Waals surface area contributed by atoms with Crippen molar-refractivity contribution in [2.75, 3.05) is 10.6 Å². The molecule has 1 heterocycles. The molecule has 2 aromatic carbocycles. The molecule has 1 aromatic heterocycles. The summed E-state index contributed by atoms with van der Waals surface area (Å²) in [7, 11) is 0. The monoisotopic (exact) mass is 386 g/mol. The van der Waals surface area contributed by atoms with Crippen LogP contribution in [0.5, 0.6) is 0 Å². The molecule has 0 aliphatic carbocycles. The molecule has 0 spiro atoms. The van der Waals surface area contributed by atoms with Gasteiger partial charge in [-0.05, 0) is 62.2 Å². The molecule has 0 aliphatic rings. The van der Waals surface area contributed by atoms with Gasteiger partial charge in [0, 0.05) is 11.4 Å². The summed E-state index contributed by atoms with van der Waals surface area (Å²) in [5, 5.41) is 5.20. The summed E-state index contributed by atoms with van der Waals surface area (Å²) in [5.41, 5.74) is 2.91. The number of hydrogen-bond donors (Lipinski definition) is 2. The van der Waals surface area contributed by atoms with Crippen LogP contribution in [0.15, 0.2) is 36.4 Å². The molecule has 0 bridgehead atoms. The second-order valence-corrected chi connectivity index (χ2v) is 6.32. The molecule has 3 rings (SSSR count). The van der Waals surface area contributed by atoms with Crippen LogP contribution in [0.1, 0.15) is 27.3 Å². The normalized spacial score (nSPS) is 10.6. The van der Waals surface area contributed by atoms with E-state index in [9.17, 15) is 18.0 Å². The first-order valence-corrected chi connectivity index (χ1v) is 8.39. The number of anilines is 3. The van der Waals surface area contributed by atoms with Crippen LogP contribution in [0.3, 0.4) is 0 Å². The molecule has 0 aliphatic heterocycles. The largest absolute Gasteiger partial charge is 0.324 e. The first-order chi connectivity index (χ1) is 13.2. The molecule has 8 heteroatoms. The van der Waals surface area contributed by atoms with E-state index in [2.05, 4.69) is 20.6 Å². The Morgan fingerprint density at radius 3 is 2.36 bits per heavy atom. The fraction of sp³-hybridized carbons (Fsp3) is 0.150. The van der Waals surface area contributed by atoms with Crippen LogP contribution in [0.2, 0.25) is 0 Å². The van der Waals surface area contributed by atoms with E-state index in [4.69, 9.17) is 0 Å². The molecule has 1 amide bonds. The van der Waals surface area contributed by atoms with E-state index < -0.39 is 29.0 Å². The number of aromatic nitrogens is 2. The Morgan fingerprint density at radius 1 is 0.893 bits per heavy atom. The van der Waals surface area contributed by atoms with E-state index in [1.54, 1.807) is 6.92 Å². The number of nitrogens with one attached hydrogen (secondary N) is 2. The van der Waals surface area contributed by atoms with Gasteiger partial charge in [-0.2, -0.15) is 0 Å². The average molecular weight is 386 g/mol. The maximum atomic E-state index is 13.8. The van der Waals surface area contributed by atoms with Gasteiger partial charge in [-0.3, -0.25) is 4.79 Å². The van der Waals surface area contributed by atoms with Gasteiger partial charge in [0.2, 0.25) is 5.95 Å². The SMILES string of the molecule is Cc1cc(C(=O)Nc2ccc(F)c(F)c2F)nc(Nc2ccc(C)c(C)c2)n1. The third-order valence-electron chi connectivity index (χ3n) is 4.13. The minimum atomic E-state index is -1.66. The smallest absolute Gasteiger partial charge is 0.274 e. The molecule has 5 nitrogen and oxygen atoms in total. The Kier molecular flexibility index (Phi) is 5.30. The quantitative estimate of drug-likeness (QED) is 0.631. The maximum absolute atomic E-state index is 13.8. The zero-order valence-electron chi connectivity index (χ0n) is 15.4. The van der Waals surface area contributed by atoms with Crippen LogP contribution < -0.4 is 10.6 Å². The van der Waals surface area contributed by atoms with Crippen LogP contribution in [0, 0.1) is 38.2 Å². The Balaban J connectivity index is 1.85. The summed E-state index contributed by atoms with van der Waals surface area (Å²) < 4.78 is 40.1. The Morgan fingerprint density at radius 2 is 1.64 bits per heavy atom. The minimum Gasteiger partial charge on any atom is -0.324 e. The van der Waals surface area contributed by atoms with E-state index in [0.717, 1.165) is 28.9 Å². The van der Waals surface area contributed by atoms with Crippen LogP contribution in [0.25, 0.3) is 0 Å². The second kappa shape index (κ2) is 7.67. The number of amides is 1. The molecular weight excluding hydrogens is 369 g/mol. The summed E-state index contributed by atoms with van der Waals surface area (Å²) >= 11 is 0. The van der Waals surface area contributed by atoms with E-state index in [1.165, 1.54) is 6.07 Å². The van der Waals surface area contributed by atoms with Crippen LogP contribution in [-0.4, -0.2) is 15.9 Å². The predicted molar refractivity (Wildman–Crippen MR) is 100 cm³/mol. The van der Waals surface area contributed by atoms with Crippen molar-refractivity contribution in [3.05, 3.63) is 76.4 Å². The highest BCUT2D eigenvalue weighted by atomic mass is 19.2. The lowest BCUT2D eigenvalue weighted by Gasteiger charge is -2.11. The standard InChI is InChI=1S/C20H17F3N4O/c1-10-4-5-13(8-11(10)2)25-20-24-12(3)9-16(27-20)19(28)26-15-7-6-14(21)17(22)18(15)23/h4-9H,1-3H3,(H,26,28)(H,24,25,27). The third kappa shape index (κ3) is 4.11. The zero-order valence-corrected chi connectivity index (χ0v) is 15.4. The van der Waals surface area contributed by atoms with Gasteiger partial charge >= 0.3 is 0 Å². The summed E-state index contributed by atoms with van der Waals surface area (Å²) in [4.78, 5) is 20.8. The second-order valence-electron chi connectivity index (χ2n) is 6.32. The molecule has 28 heavy (non-hydrogen) atoms. The lowest BCUT2D eigenvalue weighted by molar-refractivity contribution is 0.102. The van der Waals surface area contributed by atoms with Gasteiger partial charge in [0.25, 0.3) is 5.91 Å². The van der Waals surface area contributed by atoms with E-state index in [-0.39, 0.29) is 11.6 Å². The van der Waals surface area contributed by atoms with E-state index >= 15 is 0 Å². The number of nitrogens with zero attached hydrogens (tertiary/aromatic N) is 2. The highest BCUT2D eigenvalue weighted by molar-refractivity contribution is 6.03. The highest BCUT2D eigenvalue weighted by Crippen LogP contribution is 2.21. The lowest BCUT2D eigenvalue weighted by Crippen LogP contribution is -2.17. The van der Waals surface area contributed by atoms with Gasteiger partial charge in [-0.25, -0.2) is 23.1 Å². The number of carbonyl (C=O) groups is 1. The molecule has 0 saturated heterocycles.